The molecule has 0 aliphatic heterocycles. The molecule has 0 radical (unpaired) electrons. The van der Waals surface area contributed by atoms with Gasteiger partial charge in [0.25, 0.3) is 0 Å². The van der Waals surface area contributed by atoms with Crippen LogP contribution in [0.2, 0.25) is 0 Å². The number of fused-ring (bicyclic) bond motifs is 3. The molecule has 3 rings (SSSR count). The quantitative estimate of drug-likeness (QED) is 0.597. The number of nitrogens with one attached hydrogen (secondary N) is 1. The lowest BCUT2D eigenvalue weighted by atomic mass is 9.98. The summed E-state index contributed by atoms with van der Waals surface area (Å²) in [6.07, 6.45) is -0.231. The number of carboxylic acid groups (broad SMARTS) is 1. The van der Waals surface area contributed by atoms with Crippen molar-refractivity contribution >= 4 is 18.0 Å². The number of rotatable bonds is 9. The fourth-order valence-corrected chi connectivity index (χ4v) is 4.32. The molecule has 0 aromatic heterocycles. The van der Waals surface area contributed by atoms with Crippen molar-refractivity contribution in [2.75, 3.05) is 20.2 Å². The zero-order valence-electron chi connectivity index (χ0n) is 19.6. The number of amides is 2. The van der Waals surface area contributed by atoms with E-state index in [2.05, 4.69) is 17.4 Å². The average Bonchev–Trinajstić information content (AvgIpc) is 3.10. The maximum absolute atomic E-state index is 12.9. The van der Waals surface area contributed by atoms with Crippen molar-refractivity contribution in [2.45, 2.75) is 39.2 Å². The molecule has 0 fully saturated rings. The van der Waals surface area contributed by atoms with E-state index in [9.17, 15) is 14.4 Å². The lowest BCUT2D eigenvalue weighted by molar-refractivity contribution is -0.143. The zero-order chi connectivity index (χ0) is 24.1. The van der Waals surface area contributed by atoms with Crippen LogP contribution in [0.4, 0.5) is 4.79 Å². The van der Waals surface area contributed by atoms with E-state index in [-0.39, 0.29) is 30.9 Å². The minimum Gasteiger partial charge on any atom is -0.481 e. The lowest BCUT2D eigenvalue weighted by Gasteiger charge is -2.27. The van der Waals surface area contributed by atoms with Crippen molar-refractivity contribution in [1.29, 1.82) is 0 Å². The Hall–Kier alpha value is -3.35. The van der Waals surface area contributed by atoms with Gasteiger partial charge in [0.1, 0.15) is 12.6 Å². The molecule has 2 aromatic rings. The first-order valence-corrected chi connectivity index (χ1v) is 11.3. The summed E-state index contributed by atoms with van der Waals surface area (Å²) in [6, 6.07) is 15.4. The van der Waals surface area contributed by atoms with Crippen LogP contribution < -0.4 is 5.32 Å². The highest BCUT2D eigenvalue weighted by molar-refractivity contribution is 5.86. The van der Waals surface area contributed by atoms with E-state index in [4.69, 9.17) is 9.84 Å². The highest BCUT2D eigenvalue weighted by atomic mass is 16.5. The van der Waals surface area contributed by atoms with Gasteiger partial charge >= 0.3 is 12.1 Å². The largest absolute Gasteiger partial charge is 0.481 e. The number of ether oxygens (including phenoxy) is 1. The number of carboxylic acids is 1. The van der Waals surface area contributed by atoms with Crippen LogP contribution in [0.1, 0.15) is 44.2 Å². The predicted molar refractivity (Wildman–Crippen MR) is 126 cm³/mol. The van der Waals surface area contributed by atoms with E-state index in [1.807, 2.05) is 50.2 Å². The molecule has 1 unspecified atom stereocenters. The van der Waals surface area contributed by atoms with Gasteiger partial charge in [-0.2, -0.15) is 0 Å². The van der Waals surface area contributed by atoms with Gasteiger partial charge in [-0.1, -0.05) is 69.3 Å². The van der Waals surface area contributed by atoms with Gasteiger partial charge in [0.05, 0.1) is 5.92 Å². The number of aliphatic carboxylic acids is 1. The molecular weight excluding hydrogens is 420 g/mol. The van der Waals surface area contributed by atoms with Gasteiger partial charge in [-0.15, -0.1) is 0 Å². The van der Waals surface area contributed by atoms with Crippen LogP contribution in [0, 0.1) is 11.8 Å². The first-order valence-electron chi connectivity index (χ1n) is 11.3. The highest BCUT2D eigenvalue weighted by Gasteiger charge is 2.31. The SMILES string of the molecule is CC(C)C[C@@H](NC(=O)OCC1c2ccccc2-c2ccccc21)C(=O)N(C)CC(C)C(=O)O. The third-order valence-corrected chi connectivity index (χ3v) is 5.99. The van der Waals surface area contributed by atoms with Gasteiger partial charge in [0, 0.05) is 19.5 Å². The van der Waals surface area contributed by atoms with Crippen molar-refractivity contribution in [3.05, 3.63) is 59.7 Å². The Balaban J connectivity index is 1.66. The molecule has 1 aliphatic rings. The van der Waals surface area contributed by atoms with E-state index in [0.29, 0.717) is 6.42 Å². The minimum atomic E-state index is -0.973. The molecule has 0 spiro atoms. The van der Waals surface area contributed by atoms with Gasteiger partial charge in [0.2, 0.25) is 5.91 Å². The summed E-state index contributed by atoms with van der Waals surface area (Å²) in [5.74, 6) is -1.92. The van der Waals surface area contributed by atoms with Crippen LogP contribution >= 0.6 is 0 Å². The van der Waals surface area contributed by atoms with Crippen molar-refractivity contribution in [3.8, 4) is 11.1 Å². The van der Waals surface area contributed by atoms with Crippen LogP contribution in [-0.4, -0.2) is 54.2 Å². The molecular formula is C26H32N2O5. The molecule has 1 aliphatic carbocycles. The molecule has 33 heavy (non-hydrogen) atoms. The van der Waals surface area contributed by atoms with Gasteiger partial charge in [-0.25, -0.2) is 4.79 Å². The lowest BCUT2D eigenvalue weighted by Crippen LogP contribution is -2.49. The first kappa shape index (κ1) is 24.3. The van der Waals surface area contributed by atoms with Gasteiger partial charge in [-0.3, -0.25) is 9.59 Å². The number of likely N-dealkylation sites (N-methyl/N-ethyl adjacent to an activating group) is 1. The van der Waals surface area contributed by atoms with Crippen LogP contribution in [0.3, 0.4) is 0 Å². The number of nitrogens with zero attached hydrogens (tertiary/aromatic N) is 1. The van der Waals surface area contributed by atoms with Gasteiger partial charge in [-0.05, 0) is 34.6 Å². The van der Waals surface area contributed by atoms with Gasteiger partial charge in [0.15, 0.2) is 0 Å². The Labute approximate surface area is 194 Å². The molecule has 0 heterocycles. The smallest absolute Gasteiger partial charge is 0.407 e. The van der Waals surface area contributed by atoms with Crippen molar-refractivity contribution in [1.82, 2.24) is 10.2 Å². The highest BCUT2D eigenvalue weighted by Crippen LogP contribution is 2.44. The molecule has 7 nitrogen and oxygen atoms in total. The van der Waals surface area contributed by atoms with E-state index in [1.54, 1.807) is 14.0 Å². The van der Waals surface area contributed by atoms with Crippen LogP contribution in [0.25, 0.3) is 11.1 Å². The van der Waals surface area contributed by atoms with E-state index < -0.39 is 24.0 Å². The van der Waals surface area contributed by atoms with Crippen LogP contribution in [0.15, 0.2) is 48.5 Å². The second-order valence-electron chi connectivity index (χ2n) is 9.11. The predicted octanol–water partition coefficient (Wildman–Crippen LogP) is 4.12. The summed E-state index contributed by atoms with van der Waals surface area (Å²) in [5, 5.41) is 11.8. The zero-order valence-corrected chi connectivity index (χ0v) is 19.6. The second-order valence-corrected chi connectivity index (χ2v) is 9.11. The Morgan fingerprint density at radius 3 is 2.06 bits per heavy atom. The molecule has 176 valence electrons. The number of hydrogen-bond acceptors (Lipinski definition) is 4. The Morgan fingerprint density at radius 2 is 1.55 bits per heavy atom. The normalized spacial score (nSPS) is 14.2. The van der Waals surface area contributed by atoms with Gasteiger partial charge < -0.3 is 20.1 Å². The summed E-state index contributed by atoms with van der Waals surface area (Å²) in [6.45, 7) is 5.69. The molecule has 2 aromatic carbocycles. The third kappa shape index (κ3) is 5.72. The number of alkyl carbamates (subject to hydrolysis) is 1. The van der Waals surface area contributed by atoms with Crippen LogP contribution in [0.5, 0.6) is 0 Å². The molecule has 2 atom stereocenters. The first-order chi connectivity index (χ1) is 15.7. The monoisotopic (exact) mass is 452 g/mol. The second kappa shape index (κ2) is 10.5. The maximum Gasteiger partial charge on any atom is 0.407 e. The molecule has 0 saturated heterocycles. The Bertz CT molecular complexity index is 974. The van der Waals surface area contributed by atoms with E-state index in [0.717, 1.165) is 22.3 Å². The summed E-state index contributed by atoms with van der Waals surface area (Å²) in [5.41, 5.74) is 4.51. The summed E-state index contributed by atoms with van der Waals surface area (Å²) in [7, 11) is 1.55. The van der Waals surface area contributed by atoms with Crippen LogP contribution in [-0.2, 0) is 14.3 Å². The molecule has 2 N–H and O–H groups in total. The Morgan fingerprint density at radius 1 is 1.00 bits per heavy atom. The average molecular weight is 453 g/mol. The fraction of sp³-hybridized carbons (Fsp3) is 0.423. The minimum absolute atomic E-state index is 0.0646. The molecule has 7 heteroatoms. The number of benzene rings is 2. The topological polar surface area (TPSA) is 95.9 Å². The maximum atomic E-state index is 12.9. The molecule has 0 bridgehead atoms. The van der Waals surface area contributed by atoms with Crippen molar-refractivity contribution in [2.24, 2.45) is 11.8 Å². The molecule has 2 amide bonds. The standard InChI is InChI=1S/C26H32N2O5/c1-16(2)13-23(24(29)28(4)14-17(3)25(30)31)27-26(32)33-15-22-20-11-7-5-9-18(20)19-10-6-8-12-21(19)22/h5-12,16-17,22-23H,13-15H2,1-4H3,(H,27,32)(H,30,31)/t17?,23-/m1/s1. The fourth-order valence-electron chi connectivity index (χ4n) is 4.32. The Kier molecular flexibility index (Phi) is 7.74. The third-order valence-electron chi connectivity index (χ3n) is 5.99. The summed E-state index contributed by atoms with van der Waals surface area (Å²) < 4.78 is 5.59. The van der Waals surface area contributed by atoms with E-state index >= 15 is 0 Å². The summed E-state index contributed by atoms with van der Waals surface area (Å²) in [4.78, 5) is 38.1. The number of hydrogen-bond donors (Lipinski definition) is 2. The summed E-state index contributed by atoms with van der Waals surface area (Å²) >= 11 is 0. The van der Waals surface area contributed by atoms with E-state index in [1.165, 1.54) is 4.90 Å². The van der Waals surface area contributed by atoms with Crippen molar-refractivity contribution < 1.29 is 24.2 Å². The molecule has 0 saturated carbocycles. The number of carbonyl (C=O) groups is 3. The van der Waals surface area contributed by atoms with Crippen molar-refractivity contribution in [3.63, 3.8) is 0 Å². The number of carbonyl (C=O) groups excluding carboxylic acids is 2.